The summed E-state index contributed by atoms with van der Waals surface area (Å²) >= 11 is 3.42. The van der Waals surface area contributed by atoms with Crippen molar-refractivity contribution in [3.63, 3.8) is 0 Å². The van der Waals surface area contributed by atoms with E-state index in [1.807, 2.05) is 31.2 Å². The molecule has 21 heavy (non-hydrogen) atoms. The molecule has 2 aromatic carbocycles. The topological polar surface area (TPSA) is 29.1 Å². The first-order chi connectivity index (χ1) is 10.1. The van der Waals surface area contributed by atoms with E-state index in [2.05, 4.69) is 52.4 Å². The quantitative estimate of drug-likeness (QED) is 0.853. The second-order valence-electron chi connectivity index (χ2n) is 5.19. The predicted octanol–water partition coefficient (Wildman–Crippen LogP) is 4.43. The molecule has 0 unspecified atom stereocenters. The summed E-state index contributed by atoms with van der Waals surface area (Å²) in [6, 6.07) is 16.3. The van der Waals surface area contributed by atoms with E-state index >= 15 is 0 Å². The van der Waals surface area contributed by atoms with Gasteiger partial charge in [-0.05, 0) is 42.2 Å². The molecule has 2 aromatic rings. The molecule has 2 rings (SSSR count). The van der Waals surface area contributed by atoms with Gasteiger partial charge in [0.2, 0.25) is 5.91 Å². The minimum atomic E-state index is 0.0237. The number of rotatable bonds is 5. The summed E-state index contributed by atoms with van der Waals surface area (Å²) in [5.41, 5.74) is 3.46. The summed E-state index contributed by atoms with van der Waals surface area (Å²) in [5, 5.41) is 3.05. The van der Waals surface area contributed by atoms with Crippen molar-refractivity contribution in [1.29, 1.82) is 0 Å². The van der Waals surface area contributed by atoms with E-state index in [0.717, 1.165) is 22.0 Å². The first-order valence-corrected chi connectivity index (χ1v) is 8.00. The third-order valence-corrected chi connectivity index (χ3v) is 4.01. The summed E-state index contributed by atoms with van der Waals surface area (Å²) in [6.45, 7) is 4.15. The number of hydrogen-bond donors (Lipinski definition) is 1. The van der Waals surface area contributed by atoms with Crippen LogP contribution < -0.4 is 5.32 Å². The summed E-state index contributed by atoms with van der Waals surface area (Å²) in [6.07, 6.45) is 1.43. The third-order valence-electron chi connectivity index (χ3n) is 3.52. The van der Waals surface area contributed by atoms with E-state index in [1.54, 1.807) is 0 Å². The minimum absolute atomic E-state index is 0.0237. The van der Waals surface area contributed by atoms with Crippen LogP contribution in [0, 0.1) is 0 Å². The highest BCUT2D eigenvalue weighted by atomic mass is 79.9. The van der Waals surface area contributed by atoms with E-state index in [-0.39, 0.29) is 11.9 Å². The van der Waals surface area contributed by atoms with Gasteiger partial charge in [0.05, 0.1) is 12.5 Å². The highest BCUT2D eigenvalue weighted by Crippen LogP contribution is 2.15. The fourth-order valence-corrected chi connectivity index (χ4v) is 2.70. The Labute approximate surface area is 134 Å². The maximum Gasteiger partial charge on any atom is 0.224 e. The number of benzene rings is 2. The molecular formula is C18H20BrNO. The van der Waals surface area contributed by atoms with Crippen molar-refractivity contribution < 1.29 is 4.79 Å². The molecular weight excluding hydrogens is 326 g/mol. The minimum Gasteiger partial charge on any atom is -0.349 e. The maximum atomic E-state index is 12.1. The molecule has 0 bridgehead atoms. The maximum absolute atomic E-state index is 12.1. The van der Waals surface area contributed by atoms with Gasteiger partial charge in [-0.2, -0.15) is 0 Å². The van der Waals surface area contributed by atoms with Crippen LogP contribution in [0.25, 0.3) is 0 Å². The Hall–Kier alpha value is -1.61. The first kappa shape index (κ1) is 15.8. The number of halogens is 1. The molecule has 0 radical (unpaired) electrons. The second-order valence-corrected chi connectivity index (χ2v) is 6.11. The SMILES string of the molecule is CCc1ccc([C@@H](C)NC(=O)Cc2cccc(Br)c2)cc1. The molecule has 0 fully saturated rings. The van der Waals surface area contributed by atoms with Gasteiger partial charge in [-0.3, -0.25) is 4.79 Å². The van der Waals surface area contributed by atoms with Crippen molar-refractivity contribution in [3.8, 4) is 0 Å². The first-order valence-electron chi connectivity index (χ1n) is 7.21. The van der Waals surface area contributed by atoms with Crippen LogP contribution in [0.5, 0.6) is 0 Å². The molecule has 1 amide bonds. The van der Waals surface area contributed by atoms with Crippen molar-refractivity contribution in [1.82, 2.24) is 5.32 Å². The normalized spacial score (nSPS) is 12.0. The Morgan fingerprint density at radius 1 is 1.14 bits per heavy atom. The molecule has 0 saturated carbocycles. The van der Waals surface area contributed by atoms with Crippen LogP contribution in [-0.2, 0) is 17.6 Å². The van der Waals surface area contributed by atoms with Crippen LogP contribution in [0.3, 0.4) is 0 Å². The van der Waals surface area contributed by atoms with Gasteiger partial charge in [-0.15, -0.1) is 0 Å². The van der Waals surface area contributed by atoms with E-state index in [0.29, 0.717) is 6.42 Å². The Bertz CT molecular complexity index is 607. The molecule has 0 heterocycles. The number of nitrogens with one attached hydrogen (secondary N) is 1. The highest BCUT2D eigenvalue weighted by Gasteiger charge is 2.10. The predicted molar refractivity (Wildman–Crippen MR) is 90.2 cm³/mol. The molecule has 0 saturated heterocycles. The second kappa shape index (κ2) is 7.41. The Kier molecular flexibility index (Phi) is 5.57. The van der Waals surface area contributed by atoms with Crippen molar-refractivity contribution in [3.05, 3.63) is 69.7 Å². The van der Waals surface area contributed by atoms with Gasteiger partial charge in [0.15, 0.2) is 0 Å². The zero-order chi connectivity index (χ0) is 15.2. The monoisotopic (exact) mass is 345 g/mol. The molecule has 0 aliphatic carbocycles. The Morgan fingerprint density at radius 3 is 2.48 bits per heavy atom. The lowest BCUT2D eigenvalue weighted by Crippen LogP contribution is -2.28. The standard InChI is InChI=1S/C18H20BrNO/c1-3-14-7-9-16(10-8-14)13(2)20-18(21)12-15-5-4-6-17(19)11-15/h4-11,13H,3,12H2,1-2H3,(H,20,21)/t13-/m1/s1. The summed E-state index contributed by atoms with van der Waals surface area (Å²) < 4.78 is 0.996. The number of carbonyl (C=O) groups excluding carboxylic acids is 1. The average Bonchev–Trinajstić information content (AvgIpc) is 2.47. The Balaban J connectivity index is 1.95. The van der Waals surface area contributed by atoms with Gasteiger partial charge in [0.1, 0.15) is 0 Å². The molecule has 0 aromatic heterocycles. The molecule has 1 N–H and O–H groups in total. The summed E-state index contributed by atoms with van der Waals surface area (Å²) in [4.78, 5) is 12.1. The van der Waals surface area contributed by atoms with Gasteiger partial charge >= 0.3 is 0 Å². The molecule has 0 aliphatic rings. The van der Waals surface area contributed by atoms with Crippen LogP contribution in [0.1, 0.15) is 36.6 Å². The van der Waals surface area contributed by atoms with Crippen molar-refractivity contribution in [2.45, 2.75) is 32.7 Å². The van der Waals surface area contributed by atoms with Gasteiger partial charge in [-0.1, -0.05) is 59.3 Å². The lowest BCUT2D eigenvalue weighted by Gasteiger charge is -2.15. The molecule has 110 valence electrons. The number of hydrogen-bond acceptors (Lipinski definition) is 1. The van der Waals surface area contributed by atoms with Gasteiger partial charge in [0, 0.05) is 4.47 Å². The van der Waals surface area contributed by atoms with Gasteiger partial charge < -0.3 is 5.32 Å². The largest absolute Gasteiger partial charge is 0.349 e. The summed E-state index contributed by atoms with van der Waals surface area (Å²) in [5.74, 6) is 0.0418. The lowest BCUT2D eigenvalue weighted by atomic mass is 10.0. The van der Waals surface area contributed by atoms with Crippen LogP contribution >= 0.6 is 15.9 Å². The van der Waals surface area contributed by atoms with Crippen LogP contribution in [0.4, 0.5) is 0 Å². The van der Waals surface area contributed by atoms with E-state index in [9.17, 15) is 4.79 Å². The van der Waals surface area contributed by atoms with Crippen molar-refractivity contribution in [2.24, 2.45) is 0 Å². The number of amides is 1. The lowest BCUT2D eigenvalue weighted by molar-refractivity contribution is -0.121. The fraction of sp³-hybridized carbons (Fsp3) is 0.278. The molecule has 0 aliphatic heterocycles. The van der Waals surface area contributed by atoms with Crippen LogP contribution in [-0.4, -0.2) is 5.91 Å². The average molecular weight is 346 g/mol. The van der Waals surface area contributed by atoms with Crippen LogP contribution in [0.2, 0.25) is 0 Å². The highest BCUT2D eigenvalue weighted by molar-refractivity contribution is 9.10. The van der Waals surface area contributed by atoms with Gasteiger partial charge in [0.25, 0.3) is 0 Å². The molecule has 1 atom stereocenters. The fourth-order valence-electron chi connectivity index (χ4n) is 2.25. The zero-order valence-electron chi connectivity index (χ0n) is 12.4. The molecule has 3 heteroatoms. The molecule has 0 spiro atoms. The van der Waals surface area contributed by atoms with Crippen molar-refractivity contribution in [2.75, 3.05) is 0 Å². The number of aryl methyl sites for hydroxylation is 1. The smallest absolute Gasteiger partial charge is 0.224 e. The Morgan fingerprint density at radius 2 is 1.86 bits per heavy atom. The zero-order valence-corrected chi connectivity index (χ0v) is 14.0. The molecule has 2 nitrogen and oxygen atoms in total. The van der Waals surface area contributed by atoms with Crippen molar-refractivity contribution >= 4 is 21.8 Å². The third kappa shape index (κ3) is 4.71. The van der Waals surface area contributed by atoms with E-state index in [1.165, 1.54) is 5.56 Å². The summed E-state index contributed by atoms with van der Waals surface area (Å²) in [7, 11) is 0. The van der Waals surface area contributed by atoms with Crippen LogP contribution in [0.15, 0.2) is 53.0 Å². The van der Waals surface area contributed by atoms with E-state index in [4.69, 9.17) is 0 Å². The van der Waals surface area contributed by atoms with E-state index < -0.39 is 0 Å². The number of carbonyl (C=O) groups is 1. The van der Waals surface area contributed by atoms with Gasteiger partial charge in [-0.25, -0.2) is 0 Å².